The fourth-order valence-corrected chi connectivity index (χ4v) is 3.41. The summed E-state index contributed by atoms with van der Waals surface area (Å²) in [5, 5.41) is 4.72. The van der Waals surface area contributed by atoms with Gasteiger partial charge >= 0.3 is 0 Å². The van der Waals surface area contributed by atoms with Crippen LogP contribution in [0.15, 0.2) is 6.07 Å². The molecule has 3 heterocycles. The summed E-state index contributed by atoms with van der Waals surface area (Å²) in [5.41, 5.74) is 10.2. The van der Waals surface area contributed by atoms with Gasteiger partial charge in [0.15, 0.2) is 5.65 Å². The number of fused-ring (bicyclic) bond motifs is 1. The van der Waals surface area contributed by atoms with Crippen molar-refractivity contribution < 1.29 is 0 Å². The first-order chi connectivity index (χ1) is 10.6. The van der Waals surface area contributed by atoms with E-state index in [0.717, 1.165) is 49.5 Å². The summed E-state index contributed by atoms with van der Waals surface area (Å²) < 4.78 is 2.04. The van der Waals surface area contributed by atoms with Crippen LogP contribution in [-0.4, -0.2) is 34.2 Å². The Morgan fingerprint density at radius 2 is 2.04 bits per heavy atom. The minimum Gasteiger partial charge on any atom is -0.356 e. The van der Waals surface area contributed by atoms with Crippen LogP contribution in [0.2, 0.25) is 0 Å². The molecule has 136 valence electrons. The van der Waals surface area contributed by atoms with Crippen molar-refractivity contribution in [3.8, 4) is 0 Å². The molecule has 24 heavy (non-hydrogen) atoms. The molecule has 1 aliphatic rings. The molecule has 3 rings (SSSR count). The van der Waals surface area contributed by atoms with Crippen molar-refractivity contribution in [1.82, 2.24) is 14.6 Å². The van der Waals surface area contributed by atoms with Gasteiger partial charge < -0.3 is 10.6 Å². The van der Waals surface area contributed by atoms with Crippen molar-refractivity contribution in [2.45, 2.75) is 46.5 Å². The van der Waals surface area contributed by atoms with Crippen LogP contribution in [0.3, 0.4) is 0 Å². The fourth-order valence-electron chi connectivity index (χ4n) is 3.41. The predicted octanol–water partition coefficient (Wildman–Crippen LogP) is 3.32. The van der Waals surface area contributed by atoms with Gasteiger partial charge in [0.25, 0.3) is 0 Å². The van der Waals surface area contributed by atoms with Crippen LogP contribution < -0.4 is 10.6 Å². The minimum atomic E-state index is 0. The SMILES string of the molecule is CCc1cc(N2CCCC(CCN)C2)n2nc(C)c(C)c2n1.Cl.Cl. The Kier molecular flexibility index (Phi) is 7.77. The van der Waals surface area contributed by atoms with Crippen molar-refractivity contribution in [1.29, 1.82) is 0 Å². The lowest BCUT2D eigenvalue weighted by molar-refractivity contribution is 0.393. The zero-order valence-corrected chi connectivity index (χ0v) is 16.4. The van der Waals surface area contributed by atoms with Gasteiger partial charge in [-0.15, -0.1) is 24.8 Å². The molecule has 1 aliphatic heterocycles. The number of halogens is 2. The van der Waals surface area contributed by atoms with Gasteiger partial charge in [0, 0.05) is 30.4 Å². The maximum absolute atomic E-state index is 5.76. The van der Waals surface area contributed by atoms with Gasteiger partial charge in [-0.05, 0) is 52.0 Å². The molecule has 0 amide bonds. The Hall–Kier alpha value is -1.04. The first-order valence-corrected chi connectivity index (χ1v) is 8.45. The van der Waals surface area contributed by atoms with E-state index >= 15 is 0 Å². The number of rotatable bonds is 4. The summed E-state index contributed by atoms with van der Waals surface area (Å²) in [6.07, 6.45) is 4.59. The van der Waals surface area contributed by atoms with E-state index in [2.05, 4.69) is 31.7 Å². The zero-order chi connectivity index (χ0) is 15.7. The largest absolute Gasteiger partial charge is 0.356 e. The Morgan fingerprint density at radius 3 is 2.71 bits per heavy atom. The van der Waals surface area contributed by atoms with E-state index in [1.54, 1.807) is 0 Å². The number of aryl methyl sites for hydroxylation is 3. The van der Waals surface area contributed by atoms with Crippen molar-refractivity contribution in [2.75, 3.05) is 24.5 Å². The van der Waals surface area contributed by atoms with Crippen LogP contribution in [0.25, 0.3) is 5.65 Å². The highest BCUT2D eigenvalue weighted by molar-refractivity contribution is 5.85. The van der Waals surface area contributed by atoms with E-state index in [9.17, 15) is 0 Å². The molecule has 0 aliphatic carbocycles. The van der Waals surface area contributed by atoms with Crippen molar-refractivity contribution in [3.05, 3.63) is 23.0 Å². The number of anilines is 1. The minimum absolute atomic E-state index is 0. The van der Waals surface area contributed by atoms with E-state index < -0.39 is 0 Å². The third kappa shape index (κ3) is 3.95. The molecule has 1 atom stereocenters. The standard InChI is InChI=1S/C17H27N5.2ClH/c1-4-15-10-16(21-9-5-6-14(11-21)7-8-18)22-17(19-15)12(2)13(3)20-22;;/h10,14H,4-9,11,18H2,1-3H3;2*1H. The molecule has 0 saturated carbocycles. The summed E-state index contributed by atoms with van der Waals surface area (Å²) in [6, 6.07) is 2.21. The van der Waals surface area contributed by atoms with Gasteiger partial charge in [-0.3, -0.25) is 0 Å². The lowest BCUT2D eigenvalue weighted by atomic mass is 9.95. The van der Waals surface area contributed by atoms with Crippen molar-refractivity contribution >= 4 is 36.3 Å². The highest BCUT2D eigenvalue weighted by Crippen LogP contribution is 2.27. The lowest BCUT2D eigenvalue weighted by Gasteiger charge is -2.34. The topological polar surface area (TPSA) is 59.5 Å². The second-order valence-electron chi connectivity index (χ2n) is 6.44. The molecule has 2 aromatic heterocycles. The first-order valence-electron chi connectivity index (χ1n) is 8.45. The van der Waals surface area contributed by atoms with Gasteiger partial charge in [0.05, 0.1) is 5.69 Å². The summed E-state index contributed by atoms with van der Waals surface area (Å²) >= 11 is 0. The molecular formula is C17H29Cl2N5. The lowest BCUT2D eigenvalue weighted by Crippen LogP contribution is -2.37. The Labute approximate surface area is 156 Å². The molecular weight excluding hydrogens is 345 g/mol. The molecule has 2 aromatic rings. The average molecular weight is 374 g/mol. The molecule has 0 radical (unpaired) electrons. The van der Waals surface area contributed by atoms with E-state index in [1.807, 2.05) is 4.52 Å². The van der Waals surface area contributed by atoms with E-state index in [1.165, 1.54) is 24.2 Å². The normalized spacial score (nSPS) is 17.5. The third-order valence-corrected chi connectivity index (χ3v) is 4.87. The van der Waals surface area contributed by atoms with E-state index in [0.29, 0.717) is 5.92 Å². The molecule has 0 spiro atoms. The third-order valence-electron chi connectivity index (χ3n) is 4.87. The first kappa shape index (κ1) is 21.0. The van der Waals surface area contributed by atoms with Crippen LogP contribution in [0.1, 0.15) is 43.1 Å². The summed E-state index contributed by atoms with van der Waals surface area (Å²) in [5.74, 6) is 1.89. The molecule has 0 bridgehead atoms. The number of hydrogen-bond donors (Lipinski definition) is 1. The second-order valence-corrected chi connectivity index (χ2v) is 6.44. The Bertz CT molecular complexity index is 669. The van der Waals surface area contributed by atoms with Gasteiger partial charge in [-0.1, -0.05) is 6.92 Å². The Balaban J connectivity index is 0.00000144. The molecule has 0 aromatic carbocycles. The summed E-state index contributed by atoms with van der Waals surface area (Å²) in [7, 11) is 0. The van der Waals surface area contributed by atoms with Gasteiger partial charge in [0.1, 0.15) is 5.82 Å². The molecule has 5 nitrogen and oxygen atoms in total. The average Bonchev–Trinajstić information content (AvgIpc) is 2.82. The van der Waals surface area contributed by atoms with Crippen LogP contribution in [0, 0.1) is 19.8 Å². The van der Waals surface area contributed by atoms with E-state index in [-0.39, 0.29) is 24.8 Å². The highest BCUT2D eigenvalue weighted by Gasteiger charge is 2.23. The quantitative estimate of drug-likeness (QED) is 0.892. The molecule has 7 heteroatoms. The summed E-state index contributed by atoms with van der Waals surface area (Å²) in [4.78, 5) is 7.25. The summed E-state index contributed by atoms with van der Waals surface area (Å²) in [6.45, 7) is 9.30. The second kappa shape index (κ2) is 8.88. The van der Waals surface area contributed by atoms with E-state index in [4.69, 9.17) is 15.8 Å². The maximum Gasteiger partial charge on any atom is 0.160 e. The molecule has 2 N–H and O–H groups in total. The number of hydrogen-bond acceptors (Lipinski definition) is 4. The van der Waals surface area contributed by atoms with Crippen molar-refractivity contribution in [3.63, 3.8) is 0 Å². The number of nitrogens with two attached hydrogens (primary N) is 1. The smallest absolute Gasteiger partial charge is 0.160 e. The Morgan fingerprint density at radius 1 is 1.29 bits per heavy atom. The van der Waals surface area contributed by atoms with Crippen LogP contribution in [-0.2, 0) is 6.42 Å². The maximum atomic E-state index is 5.76. The zero-order valence-electron chi connectivity index (χ0n) is 14.8. The number of piperidine rings is 1. The monoisotopic (exact) mass is 373 g/mol. The van der Waals surface area contributed by atoms with Gasteiger partial charge in [-0.25, -0.2) is 4.98 Å². The number of aromatic nitrogens is 3. The molecule has 1 saturated heterocycles. The number of nitrogens with zero attached hydrogens (tertiary/aromatic N) is 4. The van der Waals surface area contributed by atoms with Crippen LogP contribution >= 0.6 is 24.8 Å². The van der Waals surface area contributed by atoms with Crippen LogP contribution in [0.5, 0.6) is 0 Å². The van der Waals surface area contributed by atoms with Gasteiger partial charge in [0.2, 0.25) is 0 Å². The molecule has 1 fully saturated rings. The van der Waals surface area contributed by atoms with Crippen LogP contribution in [0.4, 0.5) is 5.82 Å². The van der Waals surface area contributed by atoms with Crippen molar-refractivity contribution in [2.24, 2.45) is 11.7 Å². The predicted molar refractivity (Wildman–Crippen MR) is 105 cm³/mol. The molecule has 1 unspecified atom stereocenters. The van der Waals surface area contributed by atoms with Gasteiger partial charge in [-0.2, -0.15) is 9.61 Å². The highest BCUT2D eigenvalue weighted by atomic mass is 35.5. The fraction of sp³-hybridized carbons (Fsp3) is 0.647.